The average Bonchev–Trinajstić information content (AvgIpc) is 2.25. The van der Waals surface area contributed by atoms with E-state index in [1.807, 2.05) is 0 Å². The minimum atomic E-state index is -3.01. The second-order valence-electron chi connectivity index (χ2n) is 5.40. The minimum Gasteiger partial charge on any atom is -0.390 e. The van der Waals surface area contributed by atoms with Gasteiger partial charge in [-0.15, -0.1) is 0 Å². The number of halogens is 2. The molecule has 4 nitrogen and oxygen atoms in total. The van der Waals surface area contributed by atoms with E-state index >= 15 is 0 Å². The standard InChI is InChI=1S/C13H16F2N2O2/c1-12(19)5-9(6-12)17-11(18)8-3-4-10(16-7-8)13(2,14)15/h3-4,7,9,19H,5-6H2,1-2H3,(H,17,18). The van der Waals surface area contributed by atoms with E-state index in [2.05, 4.69) is 10.3 Å². The number of amides is 1. The van der Waals surface area contributed by atoms with Gasteiger partial charge in [0.05, 0.1) is 11.2 Å². The van der Waals surface area contributed by atoms with E-state index in [0.29, 0.717) is 12.8 Å². The van der Waals surface area contributed by atoms with Crippen molar-refractivity contribution in [3.8, 4) is 0 Å². The lowest BCUT2D eigenvalue weighted by molar-refractivity contribution is -0.0367. The highest BCUT2D eigenvalue weighted by molar-refractivity contribution is 5.94. The number of aromatic nitrogens is 1. The fraction of sp³-hybridized carbons (Fsp3) is 0.538. The van der Waals surface area contributed by atoms with Crippen molar-refractivity contribution in [2.24, 2.45) is 0 Å². The van der Waals surface area contributed by atoms with Gasteiger partial charge in [-0.1, -0.05) is 0 Å². The van der Waals surface area contributed by atoms with Crippen molar-refractivity contribution in [3.05, 3.63) is 29.6 Å². The zero-order chi connectivity index (χ0) is 14.3. The van der Waals surface area contributed by atoms with E-state index < -0.39 is 11.5 Å². The molecule has 1 aromatic heterocycles. The third-order valence-corrected chi connectivity index (χ3v) is 3.18. The van der Waals surface area contributed by atoms with Gasteiger partial charge >= 0.3 is 0 Å². The molecule has 2 rings (SSSR count). The first kappa shape index (κ1) is 13.9. The molecule has 1 aromatic rings. The number of hydrogen-bond acceptors (Lipinski definition) is 3. The summed E-state index contributed by atoms with van der Waals surface area (Å²) < 4.78 is 25.9. The average molecular weight is 270 g/mol. The Kier molecular flexibility index (Phi) is 3.30. The maximum absolute atomic E-state index is 13.0. The molecule has 0 spiro atoms. The van der Waals surface area contributed by atoms with E-state index in [-0.39, 0.29) is 23.2 Å². The number of carbonyl (C=O) groups is 1. The van der Waals surface area contributed by atoms with Crippen molar-refractivity contribution in [3.63, 3.8) is 0 Å². The van der Waals surface area contributed by atoms with Crippen molar-refractivity contribution in [1.29, 1.82) is 0 Å². The topological polar surface area (TPSA) is 62.2 Å². The van der Waals surface area contributed by atoms with Crippen molar-refractivity contribution < 1.29 is 18.7 Å². The summed E-state index contributed by atoms with van der Waals surface area (Å²) in [7, 11) is 0. The molecule has 1 saturated carbocycles. The highest BCUT2D eigenvalue weighted by Gasteiger charge is 2.39. The summed E-state index contributed by atoms with van der Waals surface area (Å²) >= 11 is 0. The Morgan fingerprint density at radius 3 is 2.58 bits per heavy atom. The highest BCUT2D eigenvalue weighted by atomic mass is 19.3. The zero-order valence-electron chi connectivity index (χ0n) is 10.8. The molecule has 1 fully saturated rings. The molecular formula is C13H16F2N2O2. The molecule has 0 atom stereocenters. The second kappa shape index (κ2) is 4.52. The fourth-order valence-electron chi connectivity index (χ4n) is 2.16. The fourth-order valence-corrected chi connectivity index (χ4v) is 2.16. The Morgan fingerprint density at radius 1 is 1.53 bits per heavy atom. The van der Waals surface area contributed by atoms with Gasteiger partial charge in [0.25, 0.3) is 11.8 Å². The summed E-state index contributed by atoms with van der Waals surface area (Å²) in [5, 5.41) is 12.3. The molecule has 0 bridgehead atoms. The first-order valence-electron chi connectivity index (χ1n) is 6.05. The van der Waals surface area contributed by atoms with Crippen molar-refractivity contribution in [2.45, 2.75) is 44.3 Å². The monoisotopic (exact) mass is 270 g/mol. The normalized spacial score (nSPS) is 26.7. The van der Waals surface area contributed by atoms with Crippen molar-refractivity contribution >= 4 is 5.91 Å². The third kappa shape index (κ3) is 3.26. The number of aliphatic hydroxyl groups is 1. The molecule has 0 unspecified atom stereocenters. The maximum atomic E-state index is 13.0. The van der Waals surface area contributed by atoms with Crippen LogP contribution in [-0.2, 0) is 5.92 Å². The van der Waals surface area contributed by atoms with Crippen LogP contribution < -0.4 is 5.32 Å². The van der Waals surface area contributed by atoms with E-state index in [4.69, 9.17) is 0 Å². The number of nitrogens with one attached hydrogen (secondary N) is 1. The first-order valence-corrected chi connectivity index (χ1v) is 6.05. The summed E-state index contributed by atoms with van der Waals surface area (Å²) in [4.78, 5) is 15.4. The molecule has 104 valence electrons. The second-order valence-corrected chi connectivity index (χ2v) is 5.40. The number of pyridine rings is 1. The van der Waals surface area contributed by atoms with E-state index in [1.165, 1.54) is 6.07 Å². The van der Waals surface area contributed by atoms with Crippen molar-refractivity contribution in [2.75, 3.05) is 0 Å². The molecule has 1 heterocycles. The molecule has 1 aliphatic carbocycles. The van der Waals surface area contributed by atoms with Gasteiger partial charge in [0.1, 0.15) is 5.69 Å². The lowest BCUT2D eigenvalue weighted by atomic mass is 9.77. The van der Waals surface area contributed by atoms with Gasteiger partial charge in [0, 0.05) is 19.2 Å². The number of carbonyl (C=O) groups excluding carboxylic acids is 1. The lowest BCUT2D eigenvalue weighted by Crippen LogP contribution is -2.53. The Morgan fingerprint density at radius 2 is 2.16 bits per heavy atom. The predicted octanol–water partition coefficient (Wildman–Crippen LogP) is 1.84. The van der Waals surface area contributed by atoms with Crippen LogP contribution in [0.4, 0.5) is 8.78 Å². The molecule has 2 N–H and O–H groups in total. The highest BCUT2D eigenvalue weighted by Crippen LogP contribution is 2.31. The predicted molar refractivity (Wildman–Crippen MR) is 64.9 cm³/mol. The van der Waals surface area contributed by atoms with Gasteiger partial charge in [-0.2, -0.15) is 8.78 Å². The molecule has 19 heavy (non-hydrogen) atoms. The Balaban J connectivity index is 1.97. The Labute approximate surface area is 109 Å². The van der Waals surface area contributed by atoms with Gasteiger partial charge in [0.2, 0.25) is 0 Å². The van der Waals surface area contributed by atoms with E-state index in [9.17, 15) is 18.7 Å². The van der Waals surface area contributed by atoms with Crippen LogP contribution in [0, 0.1) is 0 Å². The summed E-state index contributed by atoms with van der Waals surface area (Å²) in [6.45, 7) is 2.46. The SMILES string of the molecule is CC1(O)CC(NC(=O)c2ccc(C(C)(F)F)nc2)C1. The Bertz CT molecular complexity index is 472. The van der Waals surface area contributed by atoms with Crippen LogP contribution in [0.3, 0.4) is 0 Å². The first-order chi connectivity index (χ1) is 8.67. The molecular weight excluding hydrogens is 254 g/mol. The Hall–Kier alpha value is -1.56. The van der Waals surface area contributed by atoms with Gasteiger partial charge in [-0.05, 0) is 31.9 Å². The smallest absolute Gasteiger partial charge is 0.286 e. The third-order valence-electron chi connectivity index (χ3n) is 3.18. The molecule has 0 aromatic carbocycles. The quantitative estimate of drug-likeness (QED) is 0.881. The van der Waals surface area contributed by atoms with E-state index in [1.54, 1.807) is 6.92 Å². The van der Waals surface area contributed by atoms with Gasteiger partial charge in [0.15, 0.2) is 0 Å². The summed E-state index contributed by atoms with van der Waals surface area (Å²) in [6.07, 6.45) is 2.13. The molecule has 0 aliphatic heterocycles. The number of hydrogen-bond donors (Lipinski definition) is 2. The molecule has 0 radical (unpaired) electrons. The number of rotatable bonds is 3. The number of nitrogens with zero attached hydrogens (tertiary/aromatic N) is 1. The molecule has 0 saturated heterocycles. The maximum Gasteiger partial charge on any atom is 0.286 e. The van der Waals surface area contributed by atoms with Gasteiger partial charge in [-0.3, -0.25) is 9.78 Å². The minimum absolute atomic E-state index is 0.0743. The van der Waals surface area contributed by atoms with Crippen LogP contribution in [-0.4, -0.2) is 27.6 Å². The van der Waals surface area contributed by atoms with Crippen LogP contribution in [0.1, 0.15) is 42.7 Å². The molecule has 6 heteroatoms. The van der Waals surface area contributed by atoms with Crippen LogP contribution in [0.2, 0.25) is 0 Å². The zero-order valence-corrected chi connectivity index (χ0v) is 10.8. The lowest BCUT2D eigenvalue weighted by Gasteiger charge is -2.41. The van der Waals surface area contributed by atoms with E-state index in [0.717, 1.165) is 19.2 Å². The summed E-state index contributed by atoms with van der Waals surface area (Å²) in [6, 6.07) is 2.40. The largest absolute Gasteiger partial charge is 0.390 e. The summed E-state index contributed by atoms with van der Waals surface area (Å²) in [5.74, 6) is -3.37. The summed E-state index contributed by atoms with van der Waals surface area (Å²) in [5.41, 5.74) is -0.847. The van der Waals surface area contributed by atoms with Crippen LogP contribution in [0.15, 0.2) is 18.3 Å². The van der Waals surface area contributed by atoms with Gasteiger partial charge < -0.3 is 10.4 Å². The number of alkyl halides is 2. The van der Waals surface area contributed by atoms with Gasteiger partial charge in [-0.25, -0.2) is 0 Å². The van der Waals surface area contributed by atoms with Crippen LogP contribution >= 0.6 is 0 Å². The van der Waals surface area contributed by atoms with Crippen LogP contribution in [0.5, 0.6) is 0 Å². The molecule has 1 amide bonds. The molecule has 1 aliphatic rings. The van der Waals surface area contributed by atoms with Crippen LogP contribution in [0.25, 0.3) is 0 Å². The van der Waals surface area contributed by atoms with Crippen molar-refractivity contribution in [1.82, 2.24) is 10.3 Å².